The minimum atomic E-state index is -0.620. The Bertz CT molecular complexity index is 2060. The first kappa shape index (κ1) is 35.9. The number of nitrogens with zero attached hydrogens (tertiary/aromatic N) is 4. The van der Waals surface area contributed by atoms with Crippen molar-refractivity contribution in [2.45, 2.75) is 26.6 Å². The third-order valence-corrected chi connectivity index (χ3v) is 8.13. The summed E-state index contributed by atoms with van der Waals surface area (Å²) in [5, 5.41) is 8.36. The van der Waals surface area contributed by atoms with Crippen molar-refractivity contribution in [3.63, 3.8) is 0 Å². The lowest BCUT2D eigenvalue weighted by Crippen LogP contribution is -2.56. The summed E-state index contributed by atoms with van der Waals surface area (Å²) in [7, 11) is 1.50. The Hall–Kier alpha value is -6.88. The van der Waals surface area contributed by atoms with E-state index in [2.05, 4.69) is 20.6 Å². The van der Waals surface area contributed by atoms with E-state index >= 15 is 0 Å². The Kier molecular flexibility index (Phi) is 12.1. The van der Waals surface area contributed by atoms with Gasteiger partial charge in [0.1, 0.15) is 24.7 Å². The molecule has 6 aromatic rings. The highest BCUT2D eigenvalue weighted by Crippen LogP contribution is 2.26. The molecule has 2 aromatic heterocycles. The number of para-hydroxylation sites is 1. The number of aryl methyl sites for hydroxylation is 1. The van der Waals surface area contributed by atoms with Crippen molar-refractivity contribution in [1.29, 1.82) is 0 Å². The first-order chi connectivity index (χ1) is 26.0. The molecule has 0 saturated carbocycles. The number of amides is 4. The van der Waals surface area contributed by atoms with E-state index in [1.807, 2.05) is 91.9 Å². The molecule has 4 amide bonds. The largest absolute Gasteiger partial charge is 0.489 e. The molecule has 0 aliphatic rings. The average Bonchev–Trinajstić information content (AvgIpc) is 3.20. The molecule has 2 N–H and O–H groups in total. The fourth-order valence-electron chi connectivity index (χ4n) is 5.37. The zero-order valence-corrected chi connectivity index (χ0v) is 29.5. The minimum absolute atomic E-state index is 0.251. The third-order valence-electron chi connectivity index (χ3n) is 8.13. The molecule has 0 aliphatic heterocycles. The number of hydrogen-bond acceptors (Lipinski definition) is 7. The van der Waals surface area contributed by atoms with E-state index in [0.29, 0.717) is 48.3 Å². The van der Waals surface area contributed by atoms with Crippen LogP contribution in [0.5, 0.6) is 17.4 Å². The number of rotatable bonds is 13. The Balaban J connectivity index is 1.21. The van der Waals surface area contributed by atoms with Crippen molar-refractivity contribution in [3.8, 4) is 17.4 Å². The van der Waals surface area contributed by atoms with Gasteiger partial charge in [0.05, 0.1) is 30.9 Å². The van der Waals surface area contributed by atoms with Gasteiger partial charge in [-0.3, -0.25) is 4.98 Å². The Morgan fingerprint density at radius 2 is 1.25 bits per heavy atom. The molecular weight excluding hydrogens is 668 g/mol. The quantitative estimate of drug-likeness (QED) is 0.116. The van der Waals surface area contributed by atoms with Crippen LogP contribution in [0.15, 0.2) is 146 Å². The van der Waals surface area contributed by atoms with Crippen LogP contribution in [0.3, 0.4) is 0 Å². The van der Waals surface area contributed by atoms with Gasteiger partial charge in [0.15, 0.2) is 0 Å². The maximum absolute atomic E-state index is 14.2. The fourth-order valence-corrected chi connectivity index (χ4v) is 5.37. The molecule has 0 spiro atoms. The molecular formula is C42H40N6O5. The van der Waals surface area contributed by atoms with Crippen LogP contribution >= 0.6 is 0 Å². The second-order valence-electron chi connectivity index (χ2n) is 11.9. The molecule has 0 unspecified atom stereocenters. The maximum atomic E-state index is 14.2. The molecule has 0 aliphatic carbocycles. The number of pyridine rings is 2. The Labute approximate surface area is 308 Å². The summed E-state index contributed by atoms with van der Waals surface area (Å²) in [6, 6.07) is 40.1. The third kappa shape index (κ3) is 9.89. The number of carbonyl (C=O) groups excluding carboxylic acids is 2. The van der Waals surface area contributed by atoms with Gasteiger partial charge in [0.2, 0.25) is 5.88 Å². The summed E-state index contributed by atoms with van der Waals surface area (Å²) in [6.45, 7) is 2.92. The van der Waals surface area contributed by atoms with E-state index < -0.39 is 12.1 Å². The number of hydrogen-bond donors (Lipinski definition) is 2. The van der Waals surface area contributed by atoms with Gasteiger partial charge in [-0.25, -0.2) is 14.6 Å². The van der Waals surface area contributed by atoms with E-state index in [9.17, 15) is 9.59 Å². The SMILES string of the molecule is COc1ccc(N(C(=O)Nc2ccc(OCc3ccccc3)cc2)N(C(=O)NCCc2ccccc2OCc2ccccc2)c2ccc(C)nc2)cn1. The summed E-state index contributed by atoms with van der Waals surface area (Å²) in [4.78, 5) is 37.2. The molecule has 0 bridgehead atoms. The van der Waals surface area contributed by atoms with Gasteiger partial charge in [0, 0.05) is 24.0 Å². The molecule has 268 valence electrons. The zero-order valence-electron chi connectivity index (χ0n) is 29.5. The summed E-state index contributed by atoms with van der Waals surface area (Å²) < 4.78 is 17.3. The van der Waals surface area contributed by atoms with Gasteiger partial charge in [-0.1, -0.05) is 78.9 Å². The lowest BCUT2D eigenvalue weighted by Gasteiger charge is -2.34. The van der Waals surface area contributed by atoms with Gasteiger partial charge < -0.3 is 24.8 Å². The summed E-state index contributed by atoms with van der Waals surface area (Å²) >= 11 is 0. The van der Waals surface area contributed by atoms with E-state index in [4.69, 9.17) is 14.2 Å². The maximum Gasteiger partial charge on any atom is 0.345 e. The first-order valence-corrected chi connectivity index (χ1v) is 17.1. The molecule has 53 heavy (non-hydrogen) atoms. The lowest BCUT2D eigenvalue weighted by atomic mass is 10.1. The van der Waals surface area contributed by atoms with Crippen molar-refractivity contribution >= 4 is 29.1 Å². The number of aromatic nitrogens is 2. The number of methoxy groups -OCH3 is 1. The van der Waals surface area contributed by atoms with E-state index in [0.717, 1.165) is 28.1 Å². The van der Waals surface area contributed by atoms with E-state index in [1.165, 1.54) is 29.5 Å². The number of nitrogens with one attached hydrogen (secondary N) is 2. The van der Waals surface area contributed by atoms with Crippen molar-refractivity contribution < 1.29 is 23.8 Å². The average molecular weight is 709 g/mol. The number of carbonyl (C=O) groups is 2. The van der Waals surface area contributed by atoms with Gasteiger partial charge in [-0.15, -0.1) is 0 Å². The Morgan fingerprint density at radius 3 is 1.87 bits per heavy atom. The van der Waals surface area contributed by atoms with Crippen molar-refractivity contribution in [2.75, 3.05) is 29.0 Å². The van der Waals surface area contributed by atoms with Crippen LogP contribution in [-0.2, 0) is 19.6 Å². The predicted octanol–water partition coefficient (Wildman–Crippen LogP) is 8.36. The van der Waals surface area contributed by atoms with Crippen LogP contribution in [0.2, 0.25) is 0 Å². The van der Waals surface area contributed by atoms with E-state index in [1.54, 1.807) is 48.5 Å². The van der Waals surface area contributed by atoms with Gasteiger partial charge in [0.25, 0.3) is 0 Å². The molecule has 0 saturated heterocycles. The molecule has 2 heterocycles. The summed E-state index contributed by atoms with van der Waals surface area (Å²) in [5.41, 5.74) is 4.92. The molecule has 0 atom stereocenters. The monoisotopic (exact) mass is 708 g/mol. The molecule has 11 nitrogen and oxygen atoms in total. The number of anilines is 3. The summed E-state index contributed by atoms with van der Waals surface area (Å²) in [6.07, 6.45) is 3.48. The van der Waals surface area contributed by atoms with E-state index in [-0.39, 0.29) is 6.54 Å². The second-order valence-corrected chi connectivity index (χ2v) is 11.9. The minimum Gasteiger partial charge on any atom is -0.489 e. The van der Waals surface area contributed by atoms with Crippen LogP contribution in [0, 0.1) is 6.92 Å². The van der Waals surface area contributed by atoms with Crippen molar-refractivity contribution in [3.05, 3.63) is 168 Å². The predicted molar refractivity (Wildman–Crippen MR) is 205 cm³/mol. The highest BCUT2D eigenvalue weighted by atomic mass is 16.5. The van der Waals surface area contributed by atoms with Gasteiger partial charge in [-0.2, -0.15) is 10.0 Å². The topological polar surface area (TPSA) is 118 Å². The molecule has 0 fully saturated rings. The Morgan fingerprint density at radius 1 is 0.642 bits per heavy atom. The zero-order chi connectivity index (χ0) is 36.8. The number of ether oxygens (including phenoxy) is 3. The molecule has 4 aromatic carbocycles. The van der Waals surface area contributed by atoms with Crippen molar-refractivity contribution in [1.82, 2.24) is 15.3 Å². The molecule has 11 heteroatoms. The second kappa shape index (κ2) is 17.9. The number of urea groups is 2. The smallest absolute Gasteiger partial charge is 0.345 e. The first-order valence-electron chi connectivity index (χ1n) is 17.1. The molecule has 0 radical (unpaired) electrons. The van der Waals surface area contributed by atoms with Gasteiger partial charge >= 0.3 is 12.1 Å². The fraction of sp³-hybridized carbons (Fsp3) is 0.143. The van der Waals surface area contributed by atoms with Crippen LogP contribution in [0.1, 0.15) is 22.4 Å². The number of hydrazine groups is 1. The van der Waals surface area contributed by atoms with Crippen LogP contribution in [-0.4, -0.2) is 35.7 Å². The lowest BCUT2D eigenvalue weighted by molar-refractivity contribution is 0.241. The van der Waals surface area contributed by atoms with Gasteiger partial charge in [-0.05, 0) is 78.6 Å². The highest BCUT2D eigenvalue weighted by Gasteiger charge is 2.30. The number of benzene rings is 4. The van der Waals surface area contributed by atoms with Crippen LogP contribution in [0.25, 0.3) is 0 Å². The summed E-state index contributed by atoms with van der Waals surface area (Å²) in [5.74, 6) is 1.72. The van der Waals surface area contributed by atoms with Crippen LogP contribution < -0.4 is 34.9 Å². The normalized spacial score (nSPS) is 10.5. The molecule has 6 rings (SSSR count). The highest BCUT2D eigenvalue weighted by molar-refractivity contribution is 6.09. The standard InChI is InChI=1S/C42H40N6O5/c1-31-17-20-36(27-44-31)47(41(49)43-26-25-34-15-9-10-16-39(34)53-30-33-13-7-4-8-14-33)48(37-21-24-40(51-2)45-28-37)42(50)46-35-18-22-38(23-19-35)52-29-32-11-5-3-6-12-32/h3-24,27-28H,25-26,29-30H2,1-2H3,(H,43,49)(H,46,50). The van der Waals surface area contributed by atoms with Crippen LogP contribution in [0.4, 0.5) is 26.7 Å². The van der Waals surface area contributed by atoms with Crippen molar-refractivity contribution in [2.24, 2.45) is 0 Å².